The third kappa shape index (κ3) is 4.26. The van der Waals surface area contributed by atoms with Crippen molar-refractivity contribution in [3.63, 3.8) is 0 Å². The van der Waals surface area contributed by atoms with E-state index in [4.69, 9.17) is 4.98 Å². The Morgan fingerprint density at radius 1 is 1.18 bits per heavy atom. The average molecular weight is 475 g/mol. The van der Waals surface area contributed by atoms with Gasteiger partial charge in [0.25, 0.3) is 0 Å². The van der Waals surface area contributed by atoms with Crippen molar-refractivity contribution in [2.75, 3.05) is 36.0 Å². The number of anilines is 1. The summed E-state index contributed by atoms with van der Waals surface area (Å²) in [4.78, 5) is 6.87. The van der Waals surface area contributed by atoms with E-state index in [9.17, 15) is 9.47 Å². The lowest BCUT2D eigenvalue weighted by molar-refractivity contribution is 0.641. The molecule has 1 aliphatic heterocycles. The first-order valence-corrected chi connectivity index (χ1v) is 13.1. The van der Waals surface area contributed by atoms with E-state index in [1.165, 1.54) is 0 Å². The van der Waals surface area contributed by atoms with Crippen molar-refractivity contribution in [3.8, 4) is 28.3 Å². The summed E-state index contributed by atoms with van der Waals surface area (Å²) in [5.74, 6) is 2.40. The lowest BCUT2D eigenvalue weighted by atomic mass is 10.0. The van der Waals surface area contributed by atoms with E-state index in [1.807, 2.05) is 36.8 Å². The quantitative estimate of drug-likeness (QED) is 0.472. The molecule has 0 amide bonds. The fourth-order valence-corrected chi connectivity index (χ4v) is 6.13. The third-order valence-corrected chi connectivity index (χ3v) is 8.24. The molecule has 1 saturated heterocycles. The topological polar surface area (TPSA) is 115 Å². The van der Waals surface area contributed by atoms with Crippen LogP contribution in [-0.4, -0.2) is 60.1 Å². The predicted octanol–water partition coefficient (Wildman–Crippen LogP) is 3.60. The minimum Gasteiger partial charge on any atom is -0.355 e. The molecular formula is C24H26N8OS. The van der Waals surface area contributed by atoms with Gasteiger partial charge in [-0.15, -0.1) is 0 Å². The smallest absolute Gasteiger partial charge is 0.128 e. The molecule has 0 atom stereocenters. The molecule has 4 aromatic heterocycles. The van der Waals surface area contributed by atoms with Crippen LogP contribution >= 0.6 is 0 Å². The summed E-state index contributed by atoms with van der Waals surface area (Å²) < 4.78 is 19.2. The molecule has 1 fully saturated rings. The van der Waals surface area contributed by atoms with Crippen LogP contribution in [0.1, 0.15) is 19.4 Å². The van der Waals surface area contributed by atoms with E-state index in [0.29, 0.717) is 42.6 Å². The van der Waals surface area contributed by atoms with Crippen LogP contribution in [0.15, 0.2) is 53.5 Å². The van der Waals surface area contributed by atoms with Gasteiger partial charge in [-0.05, 0) is 24.1 Å². The largest absolute Gasteiger partial charge is 0.355 e. The number of hydrogen-bond acceptors (Lipinski definition) is 7. The molecule has 1 N–H and O–H groups in total. The Balaban J connectivity index is 1.45. The molecule has 0 unspecified atom stereocenters. The highest BCUT2D eigenvalue weighted by atomic mass is 32.2. The summed E-state index contributed by atoms with van der Waals surface area (Å²) in [5, 5.41) is 20.9. The van der Waals surface area contributed by atoms with Crippen LogP contribution in [-0.2, 0) is 9.73 Å². The Morgan fingerprint density at radius 3 is 2.65 bits per heavy atom. The molecule has 9 nitrogen and oxygen atoms in total. The second-order valence-electron chi connectivity index (χ2n) is 8.87. The predicted molar refractivity (Wildman–Crippen MR) is 133 cm³/mol. The number of aromatic nitrogens is 5. The van der Waals surface area contributed by atoms with Crippen LogP contribution in [0.3, 0.4) is 0 Å². The van der Waals surface area contributed by atoms with Crippen molar-refractivity contribution in [1.29, 1.82) is 5.26 Å². The molecule has 10 heteroatoms. The summed E-state index contributed by atoms with van der Waals surface area (Å²) >= 11 is 0. The molecule has 5 heterocycles. The maximum atomic E-state index is 13.0. The molecule has 5 rings (SSSR count). The zero-order chi connectivity index (χ0) is 23.7. The van der Waals surface area contributed by atoms with Crippen LogP contribution in [0.2, 0.25) is 0 Å². The molecule has 4 aromatic rings. The maximum absolute atomic E-state index is 13.0. The second-order valence-corrected chi connectivity index (χ2v) is 11.5. The average Bonchev–Trinajstić information content (AvgIpc) is 3.53. The summed E-state index contributed by atoms with van der Waals surface area (Å²) in [6.45, 7) is 6.18. The van der Waals surface area contributed by atoms with Crippen LogP contribution in [0, 0.1) is 17.2 Å². The monoisotopic (exact) mass is 474 g/mol. The summed E-state index contributed by atoms with van der Waals surface area (Å²) in [6.07, 6.45) is 8.87. The first kappa shape index (κ1) is 22.1. The van der Waals surface area contributed by atoms with Crippen LogP contribution in [0.5, 0.6) is 0 Å². The number of hydrogen-bond donors (Lipinski definition) is 1. The fraction of sp³-hybridized carbons (Fsp3) is 0.333. The summed E-state index contributed by atoms with van der Waals surface area (Å²) in [6, 6.07) is 8.27. The van der Waals surface area contributed by atoms with Gasteiger partial charge in [0.2, 0.25) is 0 Å². The highest BCUT2D eigenvalue weighted by Gasteiger charge is 2.22. The fourth-order valence-electron chi connectivity index (χ4n) is 4.09. The van der Waals surface area contributed by atoms with Gasteiger partial charge in [-0.2, -0.15) is 15.5 Å². The van der Waals surface area contributed by atoms with Gasteiger partial charge in [-0.3, -0.25) is 5.10 Å². The number of nitrogens with one attached hydrogen (secondary N) is 1. The lowest BCUT2D eigenvalue weighted by Crippen LogP contribution is -2.40. The molecule has 0 aromatic carbocycles. The van der Waals surface area contributed by atoms with Gasteiger partial charge in [0, 0.05) is 65.4 Å². The standard InChI is InChI=1S/C24H26N8OS/c1-17(2)11-30-34(33)7-5-31(6-8-34)23-4-3-18(12-26-23)22-9-19(21-13-27-28-14-21)16-32-24(22)20(10-25)15-29-32/h3-4,9,12-17H,5-8,11H2,1-2H3,(H,27,28). The van der Waals surface area contributed by atoms with E-state index in [2.05, 4.69) is 44.5 Å². The van der Waals surface area contributed by atoms with Crippen molar-refractivity contribution in [3.05, 3.63) is 54.7 Å². The van der Waals surface area contributed by atoms with E-state index in [1.54, 1.807) is 16.9 Å². The van der Waals surface area contributed by atoms with Crippen molar-refractivity contribution in [2.45, 2.75) is 13.8 Å². The number of fused-ring (bicyclic) bond motifs is 1. The van der Waals surface area contributed by atoms with E-state index in [0.717, 1.165) is 33.6 Å². The normalized spacial score (nSPS) is 15.5. The molecule has 1 aliphatic rings. The molecular weight excluding hydrogens is 448 g/mol. The molecule has 0 aliphatic carbocycles. The Kier molecular flexibility index (Phi) is 5.79. The zero-order valence-corrected chi connectivity index (χ0v) is 20.0. The van der Waals surface area contributed by atoms with Crippen LogP contribution in [0.25, 0.3) is 27.8 Å². The van der Waals surface area contributed by atoms with Gasteiger partial charge in [0.05, 0.1) is 39.7 Å². The van der Waals surface area contributed by atoms with Crippen molar-refractivity contribution < 1.29 is 4.21 Å². The number of nitriles is 1. The number of H-pyrrole nitrogens is 1. The van der Waals surface area contributed by atoms with E-state index < -0.39 is 9.73 Å². The van der Waals surface area contributed by atoms with E-state index in [-0.39, 0.29) is 0 Å². The molecule has 0 bridgehead atoms. The summed E-state index contributed by atoms with van der Waals surface area (Å²) in [5.41, 5.74) is 4.89. The first-order valence-electron chi connectivity index (χ1n) is 11.3. The van der Waals surface area contributed by atoms with Crippen molar-refractivity contribution in [2.24, 2.45) is 10.3 Å². The summed E-state index contributed by atoms with van der Waals surface area (Å²) in [7, 11) is -2.12. The lowest BCUT2D eigenvalue weighted by Gasteiger charge is -2.30. The van der Waals surface area contributed by atoms with Gasteiger partial charge >= 0.3 is 0 Å². The van der Waals surface area contributed by atoms with Crippen LogP contribution in [0.4, 0.5) is 5.82 Å². The SMILES string of the molecule is CC(C)CN=S1(=O)CCN(c2ccc(-c3cc(-c4cn[nH]c4)cn4ncc(C#N)c34)cn2)CC1. The highest BCUT2D eigenvalue weighted by molar-refractivity contribution is 7.93. The van der Waals surface area contributed by atoms with Gasteiger partial charge in [-0.1, -0.05) is 13.8 Å². The molecule has 34 heavy (non-hydrogen) atoms. The number of aromatic amines is 1. The van der Waals surface area contributed by atoms with Crippen molar-refractivity contribution in [1.82, 2.24) is 24.8 Å². The third-order valence-electron chi connectivity index (χ3n) is 5.98. The van der Waals surface area contributed by atoms with Gasteiger partial charge in [0.1, 0.15) is 11.9 Å². The molecule has 0 spiro atoms. The van der Waals surface area contributed by atoms with Crippen LogP contribution < -0.4 is 4.90 Å². The van der Waals surface area contributed by atoms with Gasteiger partial charge in [-0.25, -0.2) is 18.1 Å². The Labute approximate surface area is 198 Å². The van der Waals surface area contributed by atoms with Crippen molar-refractivity contribution >= 4 is 21.1 Å². The minimum atomic E-state index is -2.12. The Hall–Kier alpha value is -3.71. The second kappa shape index (κ2) is 8.91. The number of pyridine rings is 2. The molecule has 0 radical (unpaired) electrons. The first-order chi connectivity index (χ1) is 16.5. The maximum Gasteiger partial charge on any atom is 0.128 e. The highest BCUT2D eigenvalue weighted by Crippen LogP contribution is 2.32. The molecule has 0 saturated carbocycles. The Morgan fingerprint density at radius 2 is 2.00 bits per heavy atom. The van der Waals surface area contributed by atoms with Gasteiger partial charge < -0.3 is 4.90 Å². The Bertz CT molecular complexity index is 1460. The van der Waals surface area contributed by atoms with E-state index >= 15 is 0 Å². The molecule has 174 valence electrons. The number of rotatable bonds is 5. The zero-order valence-electron chi connectivity index (χ0n) is 19.2. The minimum absolute atomic E-state index is 0.418. The van der Waals surface area contributed by atoms with Gasteiger partial charge in [0.15, 0.2) is 0 Å². The number of nitrogens with zero attached hydrogens (tertiary/aromatic N) is 7.